The number of benzene rings is 2. The van der Waals surface area contributed by atoms with Crippen molar-refractivity contribution in [2.24, 2.45) is 5.92 Å². The summed E-state index contributed by atoms with van der Waals surface area (Å²) in [6.45, 7) is 4.76. The van der Waals surface area contributed by atoms with Crippen LogP contribution in [0.5, 0.6) is 17.2 Å². The maximum Gasteiger partial charge on any atom is 0.338 e. The van der Waals surface area contributed by atoms with E-state index < -0.39 is 0 Å². The van der Waals surface area contributed by atoms with Crippen LogP contribution >= 0.6 is 11.3 Å². The van der Waals surface area contributed by atoms with Gasteiger partial charge < -0.3 is 29.6 Å². The third-order valence-corrected chi connectivity index (χ3v) is 7.83. The van der Waals surface area contributed by atoms with Gasteiger partial charge in [0.15, 0.2) is 11.5 Å². The molecule has 1 amide bonds. The Morgan fingerprint density at radius 2 is 1.74 bits per heavy atom. The van der Waals surface area contributed by atoms with Gasteiger partial charge in [-0.25, -0.2) is 4.79 Å². The summed E-state index contributed by atoms with van der Waals surface area (Å²) in [5, 5.41) is 7.32. The van der Waals surface area contributed by atoms with Crippen LogP contribution in [-0.2, 0) is 24.1 Å². The Hall–Kier alpha value is -3.72. The van der Waals surface area contributed by atoms with E-state index in [-0.39, 0.29) is 11.9 Å². The van der Waals surface area contributed by atoms with Gasteiger partial charge in [-0.3, -0.25) is 4.79 Å². The Balaban J connectivity index is 1.60. The molecule has 1 heterocycles. The van der Waals surface area contributed by atoms with Crippen LogP contribution in [-0.4, -0.2) is 39.8 Å². The van der Waals surface area contributed by atoms with Crippen molar-refractivity contribution in [1.82, 2.24) is 0 Å². The van der Waals surface area contributed by atoms with Crippen LogP contribution in [0.25, 0.3) is 0 Å². The maximum atomic E-state index is 13.6. The molecule has 2 N–H and O–H groups in total. The topological polar surface area (TPSA) is 95.1 Å². The van der Waals surface area contributed by atoms with Crippen molar-refractivity contribution in [3.8, 4) is 17.2 Å². The first-order chi connectivity index (χ1) is 18.4. The number of hydrogen-bond donors (Lipinski definition) is 2. The van der Waals surface area contributed by atoms with Gasteiger partial charge in [0.2, 0.25) is 5.75 Å². The predicted octanol–water partition coefficient (Wildman–Crippen LogP) is 5.94. The molecule has 0 spiro atoms. The third kappa shape index (κ3) is 5.72. The molecule has 0 fully saturated rings. The zero-order valence-corrected chi connectivity index (χ0v) is 23.3. The second-order valence-electron chi connectivity index (χ2n) is 9.15. The zero-order chi connectivity index (χ0) is 27.2. The Morgan fingerprint density at radius 1 is 1.00 bits per heavy atom. The van der Waals surface area contributed by atoms with Crippen molar-refractivity contribution >= 4 is 33.9 Å². The van der Waals surface area contributed by atoms with Crippen molar-refractivity contribution < 1.29 is 28.5 Å². The number of anilines is 2. The van der Waals surface area contributed by atoms with Gasteiger partial charge in [-0.2, -0.15) is 0 Å². The Labute approximate surface area is 227 Å². The lowest BCUT2D eigenvalue weighted by Crippen LogP contribution is -2.18. The fourth-order valence-electron chi connectivity index (χ4n) is 4.69. The molecule has 202 valence electrons. The molecular weight excluding hydrogens is 504 g/mol. The van der Waals surface area contributed by atoms with E-state index in [2.05, 4.69) is 17.6 Å². The molecule has 0 saturated heterocycles. The molecule has 1 aliphatic rings. The van der Waals surface area contributed by atoms with Gasteiger partial charge in [-0.05, 0) is 74.1 Å². The number of rotatable bonds is 10. The second kappa shape index (κ2) is 12.2. The molecule has 0 bridgehead atoms. The molecule has 8 nitrogen and oxygen atoms in total. The predicted molar refractivity (Wildman–Crippen MR) is 149 cm³/mol. The number of amides is 1. The molecule has 1 aliphatic carbocycles. The van der Waals surface area contributed by atoms with E-state index in [0.29, 0.717) is 53.1 Å². The van der Waals surface area contributed by atoms with Crippen molar-refractivity contribution in [3.63, 3.8) is 0 Å². The normalized spacial score (nSPS) is 14.3. The summed E-state index contributed by atoms with van der Waals surface area (Å²) in [5.41, 5.74) is 3.71. The first-order valence-electron chi connectivity index (χ1n) is 12.6. The van der Waals surface area contributed by atoms with Crippen LogP contribution in [0.1, 0.15) is 57.0 Å². The summed E-state index contributed by atoms with van der Waals surface area (Å²) in [7, 11) is 4.76. The monoisotopic (exact) mass is 538 g/mol. The summed E-state index contributed by atoms with van der Waals surface area (Å²) in [4.78, 5) is 26.8. The number of carbonyl (C=O) groups excluding carboxylic acids is 2. The van der Waals surface area contributed by atoms with E-state index in [0.717, 1.165) is 35.4 Å². The second-order valence-corrected chi connectivity index (χ2v) is 10.3. The minimum absolute atomic E-state index is 0.178. The molecule has 38 heavy (non-hydrogen) atoms. The van der Waals surface area contributed by atoms with Crippen LogP contribution < -0.4 is 24.8 Å². The van der Waals surface area contributed by atoms with E-state index in [1.165, 1.54) is 4.88 Å². The van der Waals surface area contributed by atoms with Gasteiger partial charge >= 0.3 is 5.97 Å². The molecule has 0 saturated carbocycles. The number of ether oxygens (including phenoxy) is 4. The summed E-state index contributed by atoms with van der Waals surface area (Å²) in [6.07, 6.45) is 2.86. The number of methoxy groups -OCH3 is 3. The Kier molecular flexibility index (Phi) is 8.78. The van der Waals surface area contributed by atoms with E-state index in [9.17, 15) is 9.59 Å². The van der Waals surface area contributed by atoms with Crippen LogP contribution in [0.2, 0.25) is 0 Å². The Bertz CT molecular complexity index is 1300. The smallest absolute Gasteiger partial charge is 0.338 e. The molecule has 0 unspecified atom stereocenters. The molecule has 1 aromatic heterocycles. The number of hydrogen-bond acceptors (Lipinski definition) is 8. The molecule has 0 aliphatic heterocycles. The summed E-state index contributed by atoms with van der Waals surface area (Å²) in [5.74, 6) is 1.71. The SMILES string of the molecule is CCOC(=O)c1ccc(NC(=O)c2c(NCc3ccc(OC)c(OC)c3OC)sc3c2CC[C@@H](C)C3)cc1. The number of carbonyl (C=O) groups is 2. The average molecular weight is 539 g/mol. The fraction of sp³-hybridized carbons (Fsp3) is 0.379. The van der Waals surface area contributed by atoms with Crippen molar-refractivity contribution in [2.45, 2.75) is 39.7 Å². The molecule has 9 heteroatoms. The summed E-state index contributed by atoms with van der Waals surface area (Å²) >= 11 is 1.64. The number of esters is 1. The van der Waals surface area contributed by atoms with E-state index in [4.69, 9.17) is 18.9 Å². The largest absolute Gasteiger partial charge is 0.493 e. The molecule has 2 aromatic carbocycles. The van der Waals surface area contributed by atoms with Crippen LogP contribution in [0.15, 0.2) is 36.4 Å². The van der Waals surface area contributed by atoms with Crippen LogP contribution in [0.3, 0.4) is 0 Å². The van der Waals surface area contributed by atoms with Gasteiger partial charge in [0.1, 0.15) is 5.00 Å². The minimum atomic E-state index is -0.386. The number of thiophene rings is 1. The van der Waals surface area contributed by atoms with Crippen LogP contribution in [0, 0.1) is 5.92 Å². The van der Waals surface area contributed by atoms with Crippen molar-refractivity contribution in [1.29, 1.82) is 0 Å². The number of fused-ring (bicyclic) bond motifs is 1. The van der Waals surface area contributed by atoms with E-state index in [1.807, 2.05) is 12.1 Å². The van der Waals surface area contributed by atoms with E-state index in [1.54, 1.807) is 63.9 Å². The van der Waals surface area contributed by atoms with Crippen molar-refractivity contribution in [3.05, 3.63) is 63.5 Å². The zero-order valence-electron chi connectivity index (χ0n) is 22.4. The van der Waals surface area contributed by atoms with Gasteiger partial charge in [0, 0.05) is 22.7 Å². The lowest BCUT2D eigenvalue weighted by Gasteiger charge is -2.19. The average Bonchev–Trinajstić information content (AvgIpc) is 3.29. The maximum absolute atomic E-state index is 13.6. The highest BCUT2D eigenvalue weighted by Gasteiger charge is 2.28. The first kappa shape index (κ1) is 27.3. The Morgan fingerprint density at radius 3 is 2.39 bits per heavy atom. The minimum Gasteiger partial charge on any atom is -0.493 e. The third-order valence-electron chi connectivity index (χ3n) is 6.62. The summed E-state index contributed by atoms with van der Waals surface area (Å²) in [6, 6.07) is 10.5. The highest BCUT2D eigenvalue weighted by Crippen LogP contribution is 2.42. The van der Waals surface area contributed by atoms with Gasteiger partial charge in [-0.15, -0.1) is 11.3 Å². The van der Waals surface area contributed by atoms with Gasteiger partial charge in [0.25, 0.3) is 5.91 Å². The van der Waals surface area contributed by atoms with Crippen LogP contribution in [0.4, 0.5) is 10.7 Å². The van der Waals surface area contributed by atoms with Gasteiger partial charge in [-0.1, -0.05) is 6.92 Å². The standard InChI is InChI=1S/C29H34N2O6S/c1-6-37-29(33)18-8-11-20(12-9-18)31-27(32)24-21-13-7-17(2)15-23(21)38-28(24)30-16-19-10-14-22(34-3)26(36-5)25(19)35-4/h8-12,14,17,30H,6-7,13,15-16H2,1-5H3,(H,31,32)/t17-/m1/s1. The first-order valence-corrected chi connectivity index (χ1v) is 13.5. The molecular formula is C29H34N2O6S. The lowest BCUT2D eigenvalue weighted by atomic mass is 9.88. The van der Waals surface area contributed by atoms with E-state index >= 15 is 0 Å². The van der Waals surface area contributed by atoms with Crippen molar-refractivity contribution in [2.75, 3.05) is 38.6 Å². The highest BCUT2D eigenvalue weighted by atomic mass is 32.1. The lowest BCUT2D eigenvalue weighted by molar-refractivity contribution is 0.0526. The quantitative estimate of drug-likeness (QED) is 0.309. The molecule has 4 rings (SSSR count). The van der Waals surface area contributed by atoms with Gasteiger partial charge in [0.05, 0.1) is 39.1 Å². The summed E-state index contributed by atoms with van der Waals surface area (Å²) < 4.78 is 21.6. The molecule has 3 aromatic rings. The highest BCUT2D eigenvalue weighted by molar-refractivity contribution is 7.16. The fourth-order valence-corrected chi connectivity index (χ4v) is 6.09. The number of nitrogens with one attached hydrogen (secondary N) is 2. The molecule has 1 atom stereocenters. The molecule has 0 radical (unpaired) electrons.